The van der Waals surface area contributed by atoms with Crippen molar-refractivity contribution in [3.8, 4) is 11.5 Å². The molecular weight excluding hydrogens is 364 g/mol. The number of ether oxygens (including phenoxy) is 2. The molecule has 1 aromatic rings. The summed E-state index contributed by atoms with van der Waals surface area (Å²) in [6.07, 6.45) is 10.4. The van der Waals surface area contributed by atoms with Gasteiger partial charge in [-0.3, -0.25) is 9.69 Å². The third-order valence-electron chi connectivity index (χ3n) is 7.70. The van der Waals surface area contributed by atoms with Crippen LogP contribution in [0.1, 0.15) is 81.9 Å². The lowest BCUT2D eigenvalue weighted by atomic mass is 9.71. The molecule has 29 heavy (non-hydrogen) atoms. The second-order valence-electron chi connectivity index (χ2n) is 9.52. The average Bonchev–Trinajstić information content (AvgIpc) is 3.41. The van der Waals surface area contributed by atoms with E-state index in [-0.39, 0.29) is 11.3 Å². The number of carbonyl (C=O) groups is 1. The number of amides is 1. The van der Waals surface area contributed by atoms with Crippen molar-refractivity contribution >= 4 is 5.91 Å². The Morgan fingerprint density at radius 1 is 1.10 bits per heavy atom. The third kappa shape index (κ3) is 3.63. The minimum absolute atomic E-state index is 0.208. The standard InChI is InChI=1S/C24H34N2O3/c1-17-19-14-21-22(29-13-12-28-21)15-20(19)24(9-4-5-10-24)16-26(17)11-8-23(27)25-18-6-2-3-7-18/h14-15,17-18H,2-13,16H2,1H3,(H,25,27). The summed E-state index contributed by atoms with van der Waals surface area (Å²) >= 11 is 0. The highest BCUT2D eigenvalue weighted by Crippen LogP contribution is 2.51. The Bertz CT molecular complexity index is 766. The number of hydrogen-bond donors (Lipinski definition) is 1. The van der Waals surface area contributed by atoms with Gasteiger partial charge >= 0.3 is 0 Å². The molecule has 0 saturated heterocycles. The van der Waals surface area contributed by atoms with E-state index in [4.69, 9.17) is 9.47 Å². The topological polar surface area (TPSA) is 50.8 Å². The second kappa shape index (κ2) is 7.82. The van der Waals surface area contributed by atoms with Gasteiger partial charge in [0, 0.05) is 37.0 Å². The Hall–Kier alpha value is -1.75. The van der Waals surface area contributed by atoms with Gasteiger partial charge in [0.15, 0.2) is 11.5 Å². The zero-order valence-electron chi connectivity index (χ0n) is 17.7. The summed E-state index contributed by atoms with van der Waals surface area (Å²) in [6, 6.07) is 5.20. The van der Waals surface area contributed by atoms with Gasteiger partial charge in [-0.25, -0.2) is 0 Å². The molecule has 0 radical (unpaired) electrons. The lowest BCUT2D eigenvalue weighted by Crippen LogP contribution is -2.47. The molecule has 2 fully saturated rings. The molecule has 5 rings (SSSR count). The van der Waals surface area contributed by atoms with E-state index in [9.17, 15) is 4.79 Å². The van der Waals surface area contributed by atoms with Gasteiger partial charge in [0.25, 0.3) is 0 Å². The normalized spacial score (nSPS) is 25.9. The molecule has 158 valence electrons. The monoisotopic (exact) mass is 398 g/mol. The fraction of sp³-hybridized carbons (Fsp3) is 0.708. The minimum Gasteiger partial charge on any atom is -0.486 e. The number of nitrogens with zero attached hydrogens (tertiary/aromatic N) is 1. The molecule has 1 amide bonds. The highest BCUT2D eigenvalue weighted by Gasteiger charge is 2.45. The zero-order valence-corrected chi connectivity index (χ0v) is 17.7. The molecule has 2 aliphatic carbocycles. The molecule has 0 bridgehead atoms. The fourth-order valence-electron chi connectivity index (χ4n) is 6.08. The maximum Gasteiger partial charge on any atom is 0.221 e. The van der Waals surface area contributed by atoms with E-state index in [0.29, 0.717) is 31.7 Å². The first-order chi connectivity index (χ1) is 14.1. The quantitative estimate of drug-likeness (QED) is 0.830. The zero-order chi connectivity index (χ0) is 19.8. The highest BCUT2D eigenvalue weighted by atomic mass is 16.6. The molecule has 5 nitrogen and oxygen atoms in total. The molecule has 2 heterocycles. The van der Waals surface area contributed by atoms with Crippen molar-refractivity contribution in [2.24, 2.45) is 0 Å². The molecule has 2 aliphatic heterocycles. The van der Waals surface area contributed by atoms with Crippen molar-refractivity contribution in [2.45, 2.75) is 82.2 Å². The first-order valence-corrected chi connectivity index (χ1v) is 11.6. The first kappa shape index (κ1) is 19.2. The SMILES string of the molecule is CC1c2cc3c(cc2C2(CCCC2)CN1CCC(=O)NC1CCCC1)OCCO3. The van der Waals surface area contributed by atoms with Gasteiger partial charge in [0.2, 0.25) is 5.91 Å². The van der Waals surface area contributed by atoms with Crippen LogP contribution in [0.25, 0.3) is 0 Å². The Balaban J connectivity index is 1.36. The van der Waals surface area contributed by atoms with Gasteiger partial charge in [-0.15, -0.1) is 0 Å². The number of fused-ring (bicyclic) bond motifs is 3. The molecule has 4 aliphatic rings. The summed E-state index contributed by atoms with van der Waals surface area (Å²) in [5.74, 6) is 2.02. The van der Waals surface area contributed by atoms with Crippen LogP contribution in [0, 0.1) is 0 Å². The summed E-state index contributed by atoms with van der Waals surface area (Å²) in [5.41, 5.74) is 3.05. The maximum atomic E-state index is 12.5. The predicted octanol–water partition coefficient (Wildman–Crippen LogP) is 4.10. The van der Waals surface area contributed by atoms with Crippen molar-refractivity contribution in [1.29, 1.82) is 0 Å². The van der Waals surface area contributed by atoms with E-state index in [0.717, 1.165) is 37.4 Å². The van der Waals surface area contributed by atoms with Crippen LogP contribution in [0.15, 0.2) is 12.1 Å². The largest absolute Gasteiger partial charge is 0.486 e. The lowest BCUT2D eigenvalue weighted by molar-refractivity contribution is -0.122. The van der Waals surface area contributed by atoms with Crippen LogP contribution in [0.2, 0.25) is 0 Å². The Morgan fingerprint density at radius 2 is 1.79 bits per heavy atom. The molecular formula is C24H34N2O3. The molecule has 5 heteroatoms. The van der Waals surface area contributed by atoms with E-state index >= 15 is 0 Å². The third-order valence-corrected chi connectivity index (χ3v) is 7.70. The van der Waals surface area contributed by atoms with E-state index in [1.807, 2.05) is 0 Å². The summed E-state index contributed by atoms with van der Waals surface area (Å²) in [7, 11) is 0. The van der Waals surface area contributed by atoms with Gasteiger partial charge < -0.3 is 14.8 Å². The molecule has 1 atom stereocenters. The lowest BCUT2D eigenvalue weighted by Gasteiger charge is -2.46. The Morgan fingerprint density at radius 3 is 2.52 bits per heavy atom. The fourth-order valence-corrected chi connectivity index (χ4v) is 6.08. The van der Waals surface area contributed by atoms with Crippen LogP contribution >= 0.6 is 0 Å². The van der Waals surface area contributed by atoms with E-state index in [1.165, 1.54) is 49.7 Å². The summed E-state index contributed by atoms with van der Waals surface area (Å²) in [5, 5.41) is 3.25. The second-order valence-corrected chi connectivity index (χ2v) is 9.52. The van der Waals surface area contributed by atoms with Crippen LogP contribution in [0.5, 0.6) is 11.5 Å². The van der Waals surface area contributed by atoms with Crippen molar-refractivity contribution < 1.29 is 14.3 Å². The summed E-state index contributed by atoms with van der Waals surface area (Å²) in [6.45, 7) is 5.42. The van der Waals surface area contributed by atoms with Crippen LogP contribution in [-0.4, -0.2) is 43.2 Å². The van der Waals surface area contributed by atoms with Gasteiger partial charge in [-0.1, -0.05) is 25.7 Å². The Kier molecular flexibility index (Phi) is 5.19. The van der Waals surface area contributed by atoms with Gasteiger partial charge in [0.05, 0.1) is 0 Å². The number of hydrogen-bond acceptors (Lipinski definition) is 4. The van der Waals surface area contributed by atoms with E-state index < -0.39 is 0 Å². The summed E-state index contributed by atoms with van der Waals surface area (Å²) in [4.78, 5) is 15.1. The number of benzene rings is 1. The van der Waals surface area contributed by atoms with Crippen molar-refractivity contribution in [3.05, 3.63) is 23.3 Å². The van der Waals surface area contributed by atoms with Crippen LogP contribution in [0.4, 0.5) is 0 Å². The van der Waals surface area contributed by atoms with E-state index in [2.05, 4.69) is 29.3 Å². The van der Waals surface area contributed by atoms with Crippen molar-refractivity contribution in [3.63, 3.8) is 0 Å². The van der Waals surface area contributed by atoms with Crippen molar-refractivity contribution in [2.75, 3.05) is 26.3 Å². The number of nitrogens with one attached hydrogen (secondary N) is 1. The Labute approximate surface area is 174 Å². The molecule has 1 aromatic carbocycles. The first-order valence-electron chi connectivity index (χ1n) is 11.6. The van der Waals surface area contributed by atoms with Crippen LogP contribution < -0.4 is 14.8 Å². The number of carbonyl (C=O) groups excluding carboxylic acids is 1. The molecule has 1 unspecified atom stereocenters. The molecule has 2 saturated carbocycles. The van der Waals surface area contributed by atoms with Crippen LogP contribution in [0.3, 0.4) is 0 Å². The smallest absolute Gasteiger partial charge is 0.221 e. The maximum absolute atomic E-state index is 12.5. The predicted molar refractivity (Wildman–Crippen MR) is 113 cm³/mol. The minimum atomic E-state index is 0.208. The number of rotatable bonds is 4. The highest BCUT2D eigenvalue weighted by molar-refractivity contribution is 5.76. The average molecular weight is 399 g/mol. The van der Waals surface area contributed by atoms with Crippen LogP contribution in [-0.2, 0) is 10.2 Å². The van der Waals surface area contributed by atoms with Gasteiger partial charge in [0.1, 0.15) is 13.2 Å². The molecule has 1 spiro atoms. The van der Waals surface area contributed by atoms with Crippen molar-refractivity contribution in [1.82, 2.24) is 10.2 Å². The van der Waals surface area contributed by atoms with Gasteiger partial charge in [-0.2, -0.15) is 0 Å². The molecule has 0 aromatic heterocycles. The molecule has 1 N–H and O–H groups in total. The summed E-state index contributed by atoms with van der Waals surface area (Å²) < 4.78 is 11.8. The van der Waals surface area contributed by atoms with E-state index in [1.54, 1.807) is 0 Å². The van der Waals surface area contributed by atoms with Gasteiger partial charge in [-0.05, 0) is 55.9 Å².